The van der Waals surface area contributed by atoms with Gasteiger partial charge < -0.3 is 24.3 Å². The van der Waals surface area contributed by atoms with Crippen molar-refractivity contribution in [2.75, 3.05) is 53.0 Å². The Morgan fingerprint density at radius 3 is 2.70 bits per heavy atom. The summed E-state index contributed by atoms with van der Waals surface area (Å²) in [7, 11) is 1.67. The summed E-state index contributed by atoms with van der Waals surface area (Å²) in [5.74, 6) is 1.96. The quantitative estimate of drug-likeness (QED) is 0.471. The van der Waals surface area contributed by atoms with Crippen LogP contribution in [0.25, 0.3) is 0 Å². The zero-order valence-corrected chi connectivity index (χ0v) is 14.0. The average molecular weight is 322 g/mol. The molecule has 2 heterocycles. The van der Waals surface area contributed by atoms with Crippen LogP contribution in [0, 0.1) is 0 Å². The third kappa shape index (κ3) is 5.59. The van der Waals surface area contributed by atoms with E-state index in [4.69, 9.17) is 9.15 Å². The van der Waals surface area contributed by atoms with Gasteiger partial charge in [0.15, 0.2) is 5.96 Å². The summed E-state index contributed by atoms with van der Waals surface area (Å²) in [6, 6.07) is 3.86. The van der Waals surface area contributed by atoms with Gasteiger partial charge in [-0.1, -0.05) is 0 Å². The van der Waals surface area contributed by atoms with Gasteiger partial charge in [0.25, 0.3) is 0 Å². The number of hydrogen-bond acceptors (Lipinski definition) is 4. The minimum absolute atomic E-state index is 0.133. The molecule has 0 atom stereocenters. The van der Waals surface area contributed by atoms with Crippen molar-refractivity contribution >= 4 is 11.9 Å². The van der Waals surface area contributed by atoms with Crippen LogP contribution >= 0.6 is 0 Å². The molecule has 1 aromatic heterocycles. The fourth-order valence-corrected chi connectivity index (χ4v) is 2.50. The van der Waals surface area contributed by atoms with Crippen LogP contribution in [0.4, 0.5) is 0 Å². The molecule has 7 heteroatoms. The van der Waals surface area contributed by atoms with Gasteiger partial charge in [0, 0.05) is 53.2 Å². The Hall–Kier alpha value is -2.02. The molecule has 1 aliphatic rings. The van der Waals surface area contributed by atoms with Crippen LogP contribution in [-0.4, -0.2) is 74.7 Å². The highest BCUT2D eigenvalue weighted by atomic mass is 16.5. The third-order valence-corrected chi connectivity index (χ3v) is 3.82. The van der Waals surface area contributed by atoms with Gasteiger partial charge in [-0.25, -0.2) is 0 Å². The lowest BCUT2D eigenvalue weighted by molar-refractivity contribution is -0.130. The highest BCUT2D eigenvalue weighted by Gasteiger charge is 2.20. The van der Waals surface area contributed by atoms with E-state index < -0.39 is 0 Å². The van der Waals surface area contributed by atoms with E-state index in [-0.39, 0.29) is 5.91 Å². The second-order valence-corrected chi connectivity index (χ2v) is 5.45. The first-order valence-electron chi connectivity index (χ1n) is 8.01. The molecule has 0 saturated carbocycles. The summed E-state index contributed by atoms with van der Waals surface area (Å²) < 4.78 is 10.4. The predicted octanol–water partition coefficient (Wildman–Crippen LogP) is 0.578. The number of piperazine rings is 1. The molecule has 2 rings (SSSR count). The van der Waals surface area contributed by atoms with Gasteiger partial charge in [-0.2, -0.15) is 0 Å². The molecular formula is C16H26N4O3. The molecule has 0 spiro atoms. The molecule has 1 aliphatic heterocycles. The zero-order chi connectivity index (χ0) is 16.5. The highest BCUT2D eigenvalue weighted by molar-refractivity contribution is 5.80. The molecule has 0 bridgehead atoms. The van der Waals surface area contributed by atoms with Gasteiger partial charge in [-0.15, -0.1) is 0 Å². The van der Waals surface area contributed by atoms with E-state index in [1.165, 1.54) is 0 Å². The molecule has 0 aliphatic carbocycles. The molecule has 0 aromatic carbocycles. The predicted molar refractivity (Wildman–Crippen MR) is 88.4 cm³/mol. The lowest BCUT2D eigenvalue weighted by atomic mass is 10.3. The number of nitrogens with one attached hydrogen (secondary N) is 1. The Labute approximate surface area is 137 Å². The summed E-state index contributed by atoms with van der Waals surface area (Å²) in [5, 5.41) is 3.39. The molecule has 1 N–H and O–H groups in total. The van der Waals surface area contributed by atoms with Crippen LogP contribution in [-0.2, 0) is 16.0 Å². The van der Waals surface area contributed by atoms with Crippen LogP contribution in [0.15, 0.2) is 27.8 Å². The number of carbonyl (C=O) groups is 1. The van der Waals surface area contributed by atoms with Crippen molar-refractivity contribution in [2.45, 2.75) is 13.3 Å². The largest absolute Gasteiger partial charge is 0.469 e. The smallest absolute Gasteiger partial charge is 0.219 e. The second-order valence-electron chi connectivity index (χ2n) is 5.45. The maximum Gasteiger partial charge on any atom is 0.219 e. The molecule has 1 amide bonds. The van der Waals surface area contributed by atoms with Crippen molar-refractivity contribution in [3.05, 3.63) is 24.2 Å². The van der Waals surface area contributed by atoms with E-state index in [1.54, 1.807) is 20.3 Å². The number of amides is 1. The molecular weight excluding hydrogens is 296 g/mol. The molecule has 23 heavy (non-hydrogen) atoms. The molecule has 1 saturated heterocycles. The minimum Gasteiger partial charge on any atom is -0.469 e. The SMILES string of the molecule is COCCN=C(NCCc1ccco1)N1CCN(C(C)=O)CC1. The van der Waals surface area contributed by atoms with Crippen molar-refractivity contribution in [3.8, 4) is 0 Å². The summed E-state index contributed by atoms with van der Waals surface area (Å²) >= 11 is 0. The Morgan fingerprint density at radius 2 is 2.09 bits per heavy atom. The average Bonchev–Trinajstić information content (AvgIpc) is 3.07. The number of carbonyl (C=O) groups excluding carboxylic acids is 1. The number of aliphatic imine (C=N–C) groups is 1. The van der Waals surface area contributed by atoms with Crippen LogP contribution in [0.2, 0.25) is 0 Å². The minimum atomic E-state index is 0.133. The zero-order valence-electron chi connectivity index (χ0n) is 14.0. The molecule has 1 fully saturated rings. The fraction of sp³-hybridized carbons (Fsp3) is 0.625. The molecule has 0 unspecified atom stereocenters. The van der Waals surface area contributed by atoms with E-state index >= 15 is 0 Å². The number of furan rings is 1. The van der Waals surface area contributed by atoms with E-state index in [0.29, 0.717) is 13.2 Å². The highest BCUT2D eigenvalue weighted by Crippen LogP contribution is 2.04. The molecule has 1 aromatic rings. The third-order valence-electron chi connectivity index (χ3n) is 3.82. The van der Waals surface area contributed by atoms with E-state index in [0.717, 1.165) is 50.9 Å². The van der Waals surface area contributed by atoms with Crippen molar-refractivity contribution in [2.24, 2.45) is 4.99 Å². The summed E-state index contributed by atoms with van der Waals surface area (Å²) in [6.07, 6.45) is 2.49. The van der Waals surface area contributed by atoms with Crippen molar-refractivity contribution in [3.63, 3.8) is 0 Å². The van der Waals surface area contributed by atoms with Crippen molar-refractivity contribution < 1.29 is 13.9 Å². The van der Waals surface area contributed by atoms with Gasteiger partial charge in [-0.05, 0) is 12.1 Å². The Kier molecular flexibility index (Phi) is 6.93. The molecule has 0 radical (unpaired) electrons. The first kappa shape index (κ1) is 17.3. The number of hydrogen-bond donors (Lipinski definition) is 1. The Morgan fingerprint density at radius 1 is 1.35 bits per heavy atom. The molecule has 128 valence electrons. The number of rotatable bonds is 6. The standard InChI is InChI=1S/C16H26N4O3/c1-14(21)19-8-10-20(11-9-19)16(18-7-13-22-2)17-6-5-15-4-3-12-23-15/h3-4,12H,5-11,13H2,1-2H3,(H,17,18). The summed E-state index contributed by atoms with van der Waals surface area (Å²) in [4.78, 5) is 20.1. The first-order valence-corrected chi connectivity index (χ1v) is 8.01. The number of ether oxygens (including phenoxy) is 1. The van der Waals surface area contributed by atoms with Gasteiger partial charge in [-0.3, -0.25) is 9.79 Å². The number of guanidine groups is 1. The second kappa shape index (κ2) is 9.19. The Bertz CT molecular complexity index is 493. The van der Waals surface area contributed by atoms with Crippen molar-refractivity contribution in [1.29, 1.82) is 0 Å². The van der Waals surface area contributed by atoms with Gasteiger partial charge in [0.1, 0.15) is 5.76 Å². The molecule has 7 nitrogen and oxygen atoms in total. The van der Waals surface area contributed by atoms with Gasteiger partial charge in [0.05, 0.1) is 19.4 Å². The van der Waals surface area contributed by atoms with Crippen LogP contribution in [0.5, 0.6) is 0 Å². The van der Waals surface area contributed by atoms with Crippen LogP contribution in [0.3, 0.4) is 0 Å². The topological polar surface area (TPSA) is 70.3 Å². The van der Waals surface area contributed by atoms with E-state index in [1.807, 2.05) is 17.0 Å². The maximum absolute atomic E-state index is 11.4. The lowest BCUT2D eigenvalue weighted by Crippen LogP contribution is -2.53. The summed E-state index contributed by atoms with van der Waals surface area (Å²) in [6.45, 7) is 6.63. The lowest BCUT2D eigenvalue weighted by Gasteiger charge is -2.36. The monoisotopic (exact) mass is 322 g/mol. The van der Waals surface area contributed by atoms with Crippen LogP contribution in [0.1, 0.15) is 12.7 Å². The maximum atomic E-state index is 11.4. The number of nitrogens with zero attached hydrogens (tertiary/aromatic N) is 3. The normalized spacial score (nSPS) is 15.8. The van der Waals surface area contributed by atoms with E-state index in [9.17, 15) is 4.79 Å². The number of methoxy groups -OCH3 is 1. The van der Waals surface area contributed by atoms with Crippen molar-refractivity contribution in [1.82, 2.24) is 15.1 Å². The fourth-order valence-electron chi connectivity index (χ4n) is 2.50. The van der Waals surface area contributed by atoms with Gasteiger partial charge >= 0.3 is 0 Å². The van der Waals surface area contributed by atoms with Crippen LogP contribution < -0.4 is 5.32 Å². The first-order chi connectivity index (χ1) is 11.2. The van der Waals surface area contributed by atoms with E-state index in [2.05, 4.69) is 15.2 Å². The van der Waals surface area contributed by atoms with Gasteiger partial charge in [0.2, 0.25) is 5.91 Å². The Balaban J connectivity index is 1.86. The summed E-state index contributed by atoms with van der Waals surface area (Å²) in [5.41, 5.74) is 0.